The third kappa shape index (κ3) is 23.5. The number of rotatable bonds is 19. The summed E-state index contributed by atoms with van der Waals surface area (Å²) in [5.41, 5.74) is 0.860. The number of nitrogens with one attached hydrogen (secondary N) is 4. The Balaban J connectivity index is -0.00000187. The molecule has 3 heterocycles. The summed E-state index contributed by atoms with van der Waals surface area (Å²) in [6, 6.07) is 16.8. The fourth-order valence-electron chi connectivity index (χ4n) is 10.4. The van der Waals surface area contributed by atoms with Gasteiger partial charge in [-0.25, -0.2) is 0 Å². The second kappa shape index (κ2) is 42.2. The summed E-state index contributed by atoms with van der Waals surface area (Å²) in [5, 5.41) is 12.7. The van der Waals surface area contributed by atoms with Crippen molar-refractivity contribution in [2.75, 3.05) is 45.0 Å². The van der Waals surface area contributed by atoms with Gasteiger partial charge in [0.1, 0.15) is 36.9 Å². The molecule has 458 valence electrons. The van der Waals surface area contributed by atoms with Gasteiger partial charge in [-0.05, 0) is 91.4 Å². The number of hydrogen-bond donors (Lipinski definition) is 4. The van der Waals surface area contributed by atoms with Crippen LogP contribution in [0.15, 0.2) is 60.7 Å². The summed E-state index contributed by atoms with van der Waals surface area (Å²) < 4.78 is 12.0. The van der Waals surface area contributed by atoms with E-state index in [1.54, 1.807) is 35.5 Å². The summed E-state index contributed by atoms with van der Waals surface area (Å²) in [6.45, 7) is 14.7. The first-order valence-corrected chi connectivity index (χ1v) is 27.4. The molecule has 2 aromatic carbocycles. The van der Waals surface area contributed by atoms with Gasteiger partial charge in [-0.3, -0.25) is 24.0 Å². The summed E-state index contributed by atoms with van der Waals surface area (Å²) in [6.07, 6.45) is 3.78. The summed E-state index contributed by atoms with van der Waals surface area (Å²) in [4.78, 5) is 72.6. The molecule has 3 saturated heterocycles. The first-order valence-electron chi connectivity index (χ1n) is 24.9. The van der Waals surface area contributed by atoms with E-state index in [0.29, 0.717) is 24.3 Å². The lowest BCUT2D eigenvalue weighted by Crippen LogP contribution is -2.57. The lowest BCUT2D eigenvalue weighted by atomic mass is 9.74. The molecule has 2 aromatic rings. The standard InChI is InChI=1S/C55H73N5O7S3.10H2S/c1-9-35(2)52(68)59-40-25-29-70-45-32-55(6,7)49(60(45)53(40)65)51(64)58-42(38-22-16-13-17-23-38)34-67-27-19-11-10-18-26-66-33-41(37-20-14-12-15-21-37)57-50(63)47-46-44(31-54(47,4)5)69-28-24-39(48(46)62)30-43(61)36(3)56-8;;;;;;;;;;/h12-17,20-23,35-36,39-42,44-47,49,56H,9,24-34H2,1-8H3,(H,57,63)(H,58,64)(H,59,68);10*1H2/t35-,36+,39-,40+,41-,42-,44+,45+,46?,47-,49-;;;;;;;;;;/m1........../s1. The van der Waals surface area contributed by atoms with E-state index >= 15 is 0 Å². The number of ketones is 2. The van der Waals surface area contributed by atoms with Gasteiger partial charge in [0.25, 0.3) is 0 Å². The van der Waals surface area contributed by atoms with E-state index < -0.39 is 52.8 Å². The topological polar surface area (TPSA) is 155 Å². The van der Waals surface area contributed by atoms with Gasteiger partial charge in [-0.1, -0.05) is 126 Å². The minimum atomic E-state index is -0.678. The average molecular weight is 1350 g/mol. The van der Waals surface area contributed by atoms with Crippen LogP contribution in [0.3, 0.4) is 0 Å². The van der Waals surface area contributed by atoms with Crippen LogP contribution in [0.25, 0.3) is 0 Å². The maximum atomic E-state index is 14.4. The van der Waals surface area contributed by atoms with Crippen LogP contribution in [0.2, 0.25) is 0 Å². The van der Waals surface area contributed by atoms with Crippen molar-refractivity contribution in [2.24, 2.45) is 34.5 Å². The van der Waals surface area contributed by atoms with Gasteiger partial charge >= 0.3 is 0 Å². The number of carbonyl (C=O) groups is 5. The number of thiocarbonyl (C=S) groups is 1. The Morgan fingerprint density at radius 3 is 1.73 bits per heavy atom. The van der Waals surface area contributed by atoms with Crippen LogP contribution >= 0.6 is 171 Å². The van der Waals surface area contributed by atoms with Gasteiger partial charge in [0.15, 0.2) is 0 Å². The maximum absolute atomic E-state index is 14.4. The van der Waals surface area contributed by atoms with Gasteiger partial charge in [-0.2, -0.15) is 147 Å². The van der Waals surface area contributed by atoms with E-state index in [4.69, 9.17) is 21.7 Å². The van der Waals surface area contributed by atoms with E-state index in [-0.39, 0.29) is 220 Å². The minimum absolute atomic E-state index is 0. The Labute approximate surface area is 562 Å². The molecule has 3 amide bonds. The number of thioether (sulfide) groups is 2. The molecule has 80 heavy (non-hydrogen) atoms. The number of ether oxygens (including phenoxy) is 2. The van der Waals surface area contributed by atoms with Crippen molar-refractivity contribution in [2.45, 2.75) is 128 Å². The van der Waals surface area contributed by atoms with Crippen molar-refractivity contribution in [1.82, 2.24) is 26.2 Å². The zero-order chi connectivity index (χ0) is 50.6. The molecular weight excluding hydrogens is 1260 g/mol. The Hall–Kier alpha value is -0.720. The molecule has 1 unspecified atom stereocenters. The molecular formula is C55H93N5O7S13. The van der Waals surface area contributed by atoms with Crippen LogP contribution < -0.4 is 21.3 Å². The monoisotopic (exact) mass is 1350 g/mol. The third-order valence-corrected chi connectivity index (χ3v) is 17.8. The lowest BCUT2D eigenvalue weighted by Gasteiger charge is -2.35. The van der Waals surface area contributed by atoms with Crippen LogP contribution in [0, 0.1) is 58.2 Å². The Bertz CT molecular complexity index is 2170. The van der Waals surface area contributed by atoms with Gasteiger partial charge in [0, 0.05) is 29.4 Å². The largest absolute Gasteiger partial charge is 0.368 e. The molecule has 11 atom stereocenters. The molecule has 12 nitrogen and oxygen atoms in total. The highest BCUT2D eigenvalue weighted by molar-refractivity contribution is 8.00. The highest BCUT2D eigenvalue weighted by Crippen LogP contribution is 2.54. The van der Waals surface area contributed by atoms with Crippen molar-refractivity contribution < 1.29 is 33.4 Å². The molecule has 3 aliphatic heterocycles. The molecule has 1 saturated carbocycles. The third-order valence-electron chi connectivity index (χ3n) is 14.6. The van der Waals surface area contributed by atoms with Crippen molar-refractivity contribution >= 4 is 205 Å². The molecule has 4 aliphatic rings. The van der Waals surface area contributed by atoms with Crippen LogP contribution in [0.4, 0.5) is 0 Å². The highest BCUT2D eigenvalue weighted by Gasteiger charge is 2.57. The van der Waals surface area contributed by atoms with Gasteiger partial charge < -0.3 is 35.6 Å². The van der Waals surface area contributed by atoms with Crippen molar-refractivity contribution in [3.63, 3.8) is 0 Å². The van der Waals surface area contributed by atoms with Crippen molar-refractivity contribution in [3.8, 4) is 23.7 Å². The molecule has 1 aliphatic carbocycles. The number of fused-ring (bicyclic) bond motifs is 2. The molecule has 0 bridgehead atoms. The van der Waals surface area contributed by atoms with Crippen LogP contribution in [0.5, 0.6) is 0 Å². The zero-order valence-corrected chi connectivity index (χ0v) is 59.6. The first kappa shape index (κ1) is 88.0. The number of hydrogen-bond acceptors (Lipinski definition) is 11. The predicted octanol–water partition coefficient (Wildman–Crippen LogP) is 8.21. The van der Waals surface area contributed by atoms with E-state index in [9.17, 15) is 24.0 Å². The van der Waals surface area contributed by atoms with Crippen molar-refractivity contribution in [1.29, 1.82) is 0 Å². The molecule has 25 heteroatoms. The fraction of sp³-hybridized carbons (Fsp3) is 0.600. The van der Waals surface area contributed by atoms with Gasteiger partial charge in [0.05, 0.1) is 47.6 Å². The zero-order valence-electron chi connectivity index (χ0n) is 47.1. The number of benzene rings is 2. The number of carbonyl (C=O) groups excluding carboxylic acids is 5. The minimum Gasteiger partial charge on any atom is -0.368 e. The second-order valence-corrected chi connectivity index (χ2v) is 23.6. The quantitative estimate of drug-likeness (QED) is 0.0609. The predicted molar refractivity (Wildman–Crippen MR) is 387 cm³/mol. The van der Waals surface area contributed by atoms with Gasteiger partial charge in [0.2, 0.25) is 17.7 Å². The molecule has 0 aromatic heterocycles. The molecule has 4 N–H and O–H groups in total. The molecule has 6 rings (SSSR count). The van der Waals surface area contributed by atoms with E-state index in [0.717, 1.165) is 35.5 Å². The van der Waals surface area contributed by atoms with E-state index in [2.05, 4.69) is 86.5 Å². The Kier molecular flexibility index (Phi) is 46.4. The van der Waals surface area contributed by atoms with Crippen LogP contribution in [-0.2, 0) is 33.4 Å². The van der Waals surface area contributed by atoms with Crippen LogP contribution in [0.1, 0.15) is 110 Å². The molecule has 0 spiro atoms. The Morgan fingerprint density at radius 2 is 1.23 bits per heavy atom. The number of nitrogens with zero attached hydrogens (tertiary/aromatic N) is 1. The van der Waals surface area contributed by atoms with E-state index in [1.165, 1.54) is 0 Å². The fourth-order valence-corrected chi connectivity index (χ4v) is 14.0. The highest BCUT2D eigenvalue weighted by atomic mass is 32.2. The summed E-state index contributed by atoms with van der Waals surface area (Å²) in [5.74, 6) is 11.4. The normalized spacial score (nSPS) is 22.9. The Morgan fingerprint density at radius 1 is 0.725 bits per heavy atom. The average Bonchev–Trinajstić information content (AvgIpc) is 3.66. The lowest BCUT2D eigenvalue weighted by molar-refractivity contribution is -0.142. The first-order chi connectivity index (χ1) is 33.5. The van der Waals surface area contributed by atoms with Crippen LogP contribution in [-0.4, -0.2) is 113 Å². The molecule has 4 fully saturated rings. The number of amides is 3. The SMILES string of the molecule is CC[C@@H](C)C(=S)N[C@H]1CCS[C@H]2CC(C)(C)[C@@H](C(=O)N[C@H](COCC#CC#CCOC[C@@H](NC(=O)[C@H]3C4C(=O)[C@@H](CC(=O)[C@H](C)NC)CCS[C@H]4CC3(C)C)c3ccccc3)c3ccccc3)N2C1=O.S.S.S.S.S.S.S.S.S.S. The number of likely N-dealkylation sites (N-methyl/N-ethyl adjacent to an activating group) is 1. The smallest absolute Gasteiger partial charge is 0.246 e. The summed E-state index contributed by atoms with van der Waals surface area (Å²) >= 11 is 9.15. The summed E-state index contributed by atoms with van der Waals surface area (Å²) in [7, 11) is 1.74. The maximum Gasteiger partial charge on any atom is 0.246 e. The van der Waals surface area contributed by atoms with Gasteiger partial charge in [-0.15, -0.1) is 11.8 Å². The number of Topliss-reactive ketones (excluding diaryl/α,β-unsaturated/α-hetero) is 2. The second-order valence-electron chi connectivity index (χ2n) is 20.6. The van der Waals surface area contributed by atoms with E-state index in [1.807, 2.05) is 67.6 Å². The van der Waals surface area contributed by atoms with Crippen molar-refractivity contribution in [3.05, 3.63) is 71.8 Å². The molecule has 0 radical (unpaired) electrons.